The third-order valence-corrected chi connectivity index (χ3v) is 6.86. The monoisotopic (exact) mass is 410 g/mol. The molecule has 3 saturated heterocycles. The van der Waals surface area contributed by atoms with Gasteiger partial charge in [0, 0.05) is 17.5 Å². The summed E-state index contributed by atoms with van der Waals surface area (Å²) >= 11 is 0. The summed E-state index contributed by atoms with van der Waals surface area (Å²) in [6.07, 6.45) is 2.45. The van der Waals surface area contributed by atoms with E-state index in [4.69, 9.17) is 9.73 Å². The van der Waals surface area contributed by atoms with Gasteiger partial charge in [-0.25, -0.2) is 0 Å². The molecule has 1 atom stereocenters. The molecule has 0 aliphatic carbocycles. The number of nitrogens with zero attached hydrogens (tertiary/aromatic N) is 2. The molecule has 0 aromatic heterocycles. The molecule has 0 spiro atoms. The van der Waals surface area contributed by atoms with Crippen LogP contribution in [-0.4, -0.2) is 36.9 Å². The van der Waals surface area contributed by atoms with Gasteiger partial charge >= 0.3 is 0 Å². The maximum atomic E-state index is 5.41. The highest BCUT2D eigenvalue weighted by Crippen LogP contribution is 2.40. The van der Waals surface area contributed by atoms with Crippen LogP contribution in [0.25, 0.3) is 0 Å². The number of fused-ring (bicyclic) bond motifs is 3. The molecule has 3 nitrogen and oxygen atoms in total. The van der Waals surface area contributed by atoms with Crippen molar-refractivity contribution in [3.05, 3.63) is 102 Å². The Hall–Kier alpha value is -2.91. The summed E-state index contributed by atoms with van der Waals surface area (Å²) in [6, 6.07) is 30.6. The first-order chi connectivity index (χ1) is 15.3. The maximum absolute atomic E-state index is 5.41. The van der Waals surface area contributed by atoms with Crippen LogP contribution < -0.4 is 4.74 Å². The molecule has 3 aliphatic heterocycles. The second-order valence-electron chi connectivity index (χ2n) is 8.65. The topological polar surface area (TPSA) is 24.8 Å². The lowest BCUT2D eigenvalue weighted by molar-refractivity contribution is 0.135. The highest BCUT2D eigenvalue weighted by molar-refractivity contribution is 5.94. The predicted molar refractivity (Wildman–Crippen MR) is 127 cm³/mol. The second kappa shape index (κ2) is 9.07. The van der Waals surface area contributed by atoms with Gasteiger partial charge in [-0.05, 0) is 54.8 Å². The second-order valence-corrected chi connectivity index (χ2v) is 8.65. The molecule has 0 radical (unpaired) electrons. The summed E-state index contributed by atoms with van der Waals surface area (Å²) in [5.74, 6) is 1.79. The zero-order chi connectivity index (χ0) is 21.0. The van der Waals surface area contributed by atoms with E-state index in [9.17, 15) is 0 Å². The van der Waals surface area contributed by atoms with Crippen LogP contribution in [0.2, 0.25) is 0 Å². The van der Waals surface area contributed by atoms with E-state index in [-0.39, 0.29) is 0 Å². The molecule has 3 fully saturated rings. The van der Waals surface area contributed by atoms with Crippen molar-refractivity contribution >= 4 is 5.71 Å². The Morgan fingerprint density at radius 1 is 0.871 bits per heavy atom. The van der Waals surface area contributed by atoms with E-state index < -0.39 is 0 Å². The van der Waals surface area contributed by atoms with E-state index >= 15 is 0 Å². The van der Waals surface area contributed by atoms with Crippen LogP contribution in [0.15, 0.2) is 89.9 Å². The summed E-state index contributed by atoms with van der Waals surface area (Å²) < 4.78 is 5.41. The van der Waals surface area contributed by atoms with Crippen LogP contribution in [0.3, 0.4) is 0 Å². The third kappa shape index (κ3) is 4.15. The number of hydrogen-bond donors (Lipinski definition) is 0. The normalized spacial score (nSPS) is 23.9. The summed E-state index contributed by atoms with van der Waals surface area (Å²) in [6.45, 7) is 3.05. The van der Waals surface area contributed by atoms with Crippen LogP contribution in [0.4, 0.5) is 0 Å². The number of piperidine rings is 3. The predicted octanol–water partition coefficient (Wildman–Crippen LogP) is 5.56. The molecule has 0 N–H and O–H groups in total. The van der Waals surface area contributed by atoms with Crippen LogP contribution >= 0.6 is 0 Å². The lowest BCUT2D eigenvalue weighted by Gasteiger charge is -2.49. The van der Waals surface area contributed by atoms with Crippen molar-refractivity contribution in [1.29, 1.82) is 0 Å². The van der Waals surface area contributed by atoms with Crippen LogP contribution in [-0.2, 0) is 6.54 Å². The SMILES string of the molecule is COc1cccc(CN=C2C3CCN(CC3)C2C(c2ccccc2)c2ccccc2)c1. The average molecular weight is 411 g/mol. The standard InChI is InChI=1S/C28H30N2O/c1-31-25-14-8-9-21(19-25)20-29-27-24-15-17-30(18-16-24)28(27)26(22-10-4-2-5-11-22)23-12-6-3-7-13-23/h2-14,19,24,26,28H,15-18,20H2,1H3. The minimum atomic E-state index is 0.301. The lowest BCUT2D eigenvalue weighted by Crippen LogP contribution is -2.58. The zero-order valence-corrected chi connectivity index (χ0v) is 18.2. The average Bonchev–Trinajstić information content (AvgIpc) is 2.85. The number of hydrogen-bond acceptors (Lipinski definition) is 3. The van der Waals surface area contributed by atoms with Gasteiger partial charge in [0.1, 0.15) is 5.75 Å². The largest absolute Gasteiger partial charge is 0.497 e. The molecule has 158 valence electrons. The summed E-state index contributed by atoms with van der Waals surface area (Å²) in [5, 5.41) is 0. The van der Waals surface area contributed by atoms with E-state index in [1.165, 1.54) is 48.3 Å². The molecule has 3 aliphatic rings. The van der Waals surface area contributed by atoms with Crippen molar-refractivity contribution in [2.45, 2.75) is 31.3 Å². The van der Waals surface area contributed by atoms with E-state index in [1.807, 2.05) is 6.07 Å². The van der Waals surface area contributed by atoms with Crippen LogP contribution in [0.1, 0.15) is 35.4 Å². The first-order valence-electron chi connectivity index (χ1n) is 11.3. The van der Waals surface area contributed by atoms with Crippen molar-refractivity contribution in [2.75, 3.05) is 20.2 Å². The van der Waals surface area contributed by atoms with Gasteiger partial charge in [-0.15, -0.1) is 0 Å². The van der Waals surface area contributed by atoms with E-state index in [2.05, 4.69) is 83.8 Å². The van der Waals surface area contributed by atoms with Gasteiger partial charge in [0.2, 0.25) is 0 Å². The minimum Gasteiger partial charge on any atom is -0.497 e. The molecule has 31 heavy (non-hydrogen) atoms. The number of ether oxygens (including phenoxy) is 1. The molecule has 3 aromatic rings. The molecule has 3 aromatic carbocycles. The fourth-order valence-corrected chi connectivity index (χ4v) is 5.34. The zero-order valence-electron chi connectivity index (χ0n) is 18.2. The minimum absolute atomic E-state index is 0.301. The molecule has 2 bridgehead atoms. The summed E-state index contributed by atoms with van der Waals surface area (Å²) in [5.41, 5.74) is 5.34. The highest BCUT2D eigenvalue weighted by Gasteiger charge is 2.43. The van der Waals surface area contributed by atoms with Gasteiger partial charge in [-0.2, -0.15) is 0 Å². The lowest BCUT2D eigenvalue weighted by atomic mass is 9.72. The Bertz CT molecular complexity index is 984. The van der Waals surface area contributed by atoms with Crippen LogP contribution in [0.5, 0.6) is 5.75 Å². The Morgan fingerprint density at radius 2 is 1.52 bits per heavy atom. The summed E-state index contributed by atoms with van der Waals surface area (Å²) in [4.78, 5) is 7.96. The molecule has 0 amide bonds. The van der Waals surface area contributed by atoms with Crippen molar-refractivity contribution in [2.24, 2.45) is 10.9 Å². The smallest absolute Gasteiger partial charge is 0.119 e. The third-order valence-electron chi connectivity index (χ3n) is 6.86. The van der Waals surface area contributed by atoms with Gasteiger partial charge in [0.05, 0.1) is 19.7 Å². The molecule has 6 rings (SSSR count). The first-order valence-corrected chi connectivity index (χ1v) is 11.3. The number of methoxy groups -OCH3 is 1. The number of rotatable bonds is 6. The van der Waals surface area contributed by atoms with Crippen molar-refractivity contribution in [3.8, 4) is 5.75 Å². The van der Waals surface area contributed by atoms with Gasteiger partial charge in [0.25, 0.3) is 0 Å². The Labute approximate surface area is 185 Å². The molecule has 0 saturated carbocycles. The molecule has 1 unspecified atom stereocenters. The van der Waals surface area contributed by atoms with Crippen molar-refractivity contribution < 1.29 is 4.74 Å². The van der Waals surface area contributed by atoms with E-state index in [1.54, 1.807) is 7.11 Å². The summed E-state index contributed by atoms with van der Waals surface area (Å²) in [7, 11) is 1.72. The van der Waals surface area contributed by atoms with Crippen molar-refractivity contribution in [3.63, 3.8) is 0 Å². The molecule has 3 heteroatoms. The Kier molecular flexibility index (Phi) is 5.86. The van der Waals surface area contributed by atoms with Gasteiger partial charge < -0.3 is 4.74 Å². The van der Waals surface area contributed by atoms with E-state index in [0.29, 0.717) is 24.4 Å². The number of benzene rings is 3. The Balaban J connectivity index is 1.54. The fourth-order valence-electron chi connectivity index (χ4n) is 5.34. The van der Waals surface area contributed by atoms with E-state index in [0.717, 1.165) is 5.75 Å². The quantitative estimate of drug-likeness (QED) is 0.531. The molecular formula is C28H30N2O. The highest BCUT2D eigenvalue weighted by atomic mass is 16.5. The van der Waals surface area contributed by atoms with Gasteiger partial charge in [-0.1, -0.05) is 72.8 Å². The molecular weight excluding hydrogens is 380 g/mol. The number of aliphatic imine (C=N–C) groups is 1. The van der Waals surface area contributed by atoms with Gasteiger partial charge in [-0.3, -0.25) is 9.89 Å². The fraction of sp³-hybridized carbons (Fsp3) is 0.321. The molecule has 3 heterocycles. The maximum Gasteiger partial charge on any atom is 0.119 e. The Morgan fingerprint density at radius 3 is 2.13 bits per heavy atom. The van der Waals surface area contributed by atoms with Crippen molar-refractivity contribution in [1.82, 2.24) is 4.90 Å². The van der Waals surface area contributed by atoms with Crippen LogP contribution in [0, 0.1) is 5.92 Å². The van der Waals surface area contributed by atoms with Gasteiger partial charge in [0.15, 0.2) is 0 Å². The first kappa shape index (κ1) is 20.0.